The first-order chi connectivity index (χ1) is 16.8. The Kier molecular flexibility index (Phi) is 10.2. The third kappa shape index (κ3) is 8.13. The summed E-state index contributed by atoms with van der Waals surface area (Å²) in [5.74, 6) is -2.00. The van der Waals surface area contributed by atoms with E-state index >= 15 is 0 Å². The molecule has 1 aromatic rings. The van der Waals surface area contributed by atoms with Crippen LogP contribution in [0.4, 0.5) is 0 Å². The van der Waals surface area contributed by atoms with E-state index in [4.69, 9.17) is 4.84 Å². The van der Waals surface area contributed by atoms with E-state index < -0.39 is 36.1 Å². The fourth-order valence-corrected chi connectivity index (χ4v) is 4.56. The van der Waals surface area contributed by atoms with Crippen LogP contribution in [-0.4, -0.2) is 56.5 Å². The summed E-state index contributed by atoms with van der Waals surface area (Å²) in [6.07, 6.45) is 8.98. The number of carbonyl (C=O) groups is 3. The minimum Gasteiger partial charge on any atom is -0.393 e. The third-order valence-corrected chi connectivity index (χ3v) is 6.57. The van der Waals surface area contributed by atoms with E-state index in [9.17, 15) is 29.7 Å². The molecule has 0 bridgehead atoms. The number of hydroxylamine groups is 2. The molecule has 5 atom stereocenters. The molecule has 1 heterocycles. The molecule has 35 heavy (non-hydrogen) atoms. The fourth-order valence-electron chi connectivity index (χ4n) is 4.56. The van der Waals surface area contributed by atoms with Crippen LogP contribution in [0.1, 0.15) is 56.9 Å². The van der Waals surface area contributed by atoms with Crippen molar-refractivity contribution in [2.45, 2.75) is 76.1 Å². The number of aliphatic hydroxyl groups is 3. The zero-order chi connectivity index (χ0) is 25.2. The van der Waals surface area contributed by atoms with E-state index in [1.54, 1.807) is 6.08 Å². The zero-order valence-corrected chi connectivity index (χ0v) is 19.9. The van der Waals surface area contributed by atoms with E-state index in [1.807, 2.05) is 48.6 Å². The summed E-state index contributed by atoms with van der Waals surface area (Å²) in [5, 5.41) is 31.7. The van der Waals surface area contributed by atoms with Gasteiger partial charge in [-0.3, -0.25) is 9.59 Å². The number of benzene rings is 1. The van der Waals surface area contributed by atoms with Gasteiger partial charge in [0.2, 0.25) is 0 Å². The first kappa shape index (κ1) is 26.8. The van der Waals surface area contributed by atoms with E-state index in [0.717, 1.165) is 12.0 Å². The highest BCUT2D eigenvalue weighted by Gasteiger charge is 2.39. The van der Waals surface area contributed by atoms with Crippen LogP contribution in [0.2, 0.25) is 0 Å². The average molecular weight is 486 g/mol. The summed E-state index contributed by atoms with van der Waals surface area (Å²) >= 11 is 0. The average Bonchev–Trinajstić information content (AvgIpc) is 3.30. The molecule has 1 aliphatic heterocycles. The second kappa shape index (κ2) is 13.3. The zero-order valence-electron chi connectivity index (χ0n) is 19.9. The lowest BCUT2D eigenvalue weighted by molar-refractivity contribution is -0.197. The summed E-state index contributed by atoms with van der Waals surface area (Å²) in [5.41, 5.74) is 1.16. The molecule has 3 N–H and O–H groups in total. The topological polar surface area (TPSA) is 124 Å². The van der Waals surface area contributed by atoms with Crippen molar-refractivity contribution in [3.63, 3.8) is 0 Å². The maximum Gasteiger partial charge on any atom is 0.333 e. The molecule has 1 saturated carbocycles. The third-order valence-electron chi connectivity index (χ3n) is 6.57. The van der Waals surface area contributed by atoms with Gasteiger partial charge in [0.15, 0.2) is 0 Å². The fraction of sp³-hybridized carbons (Fsp3) is 0.519. The van der Waals surface area contributed by atoms with Crippen LogP contribution < -0.4 is 0 Å². The number of hydrogen-bond donors (Lipinski definition) is 3. The summed E-state index contributed by atoms with van der Waals surface area (Å²) in [7, 11) is 0. The normalized spacial score (nSPS) is 25.7. The first-order valence-corrected chi connectivity index (χ1v) is 12.3. The Balaban J connectivity index is 1.38. The van der Waals surface area contributed by atoms with Crippen LogP contribution in [0, 0.1) is 11.8 Å². The van der Waals surface area contributed by atoms with Crippen LogP contribution in [0.3, 0.4) is 0 Å². The van der Waals surface area contributed by atoms with Gasteiger partial charge in [-0.05, 0) is 43.6 Å². The number of hydrogen-bond acceptors (Lipinski definition) is 7. The van der Waals surface area contributed by atoms with Crippen LogP contribution in [0.25, 0.3) is 0 Å². The Morgan fingerprint density at radius 3 is 2.51 bits per heavy atom. The monoisotopic (exact) mass is 485 g/mol. The van der Waals surface area contributed by atoms with Crippen molar-refractivity contribution in [1.82, 2.24) is 5.06 Å². The number of allylic oxidation sites excluding steroid dienone is 2. The molecular weight excluding hydrogens is 450 g/mol. The number of amides is 2. The Bertz CT molecular complexity index is 897. The van der Waals surface area contributed by atoms with Crippen molar-refractivity contribution < 1.29 is 34.5 Å². The number of aryl methyl sites for hydroxylation is 1. The predicted octanol–water partition coefficient (Wildman–Crippen LogP) is 2.62. The van der Waals surface area contributed by atoms with Gasteiger partial charge in [-0.2, -0.15) is 0 Å². The van der Waals surface area contributed by atoms with Gasteiger partial charge in [0, 0.05) is 31.6 Å². The van der Waals surface area contributed by atoms with Crippen molar-refractivity contribution in [2.75, 3.05) is 0 Å². The molecule has 1 aromatic carbocycles. The molecule has 0 spiro atoms. The van der Waals surface area contributed by atoms with Crippen LogP contribution in [-0.2, 0) is 25.6 Å². The first-order valence-electron chi connectivity index (χ1n) is 12.3. The van der Waals surface area contributed by atoms with Crippen molar-refractivity contribution in [3.05, 3.63) is 60.2 Å². The second-order valence-electron chi connectivity index (χ2n) is 9.23. The Morgan fingerprint density at radius 2 is 1.80 bits per heavy atom. The van der Waals surface area contributed by atoms with Gasteiger partial charge in [-0.15, -0.1) is 5.06 Å². The largest absolute Gasteiger partial charge is 0.393 e. The highest BCUT2D eigenvalue weighted by Crippen LogP contribution is 2.36. The lowest BCUT2D eigenvalue weighted by Gasteiger charge is -2.19. The van der Waals surface area contributed by atoms with Gasteiger partial charge in [0.25, 0.3) is 11.8 Å². The molecule has 190 valence electrons. The van der Waals surface area contributed by atoms with Crippen molar-refractivity contribution >= 4 is 17.8 Å². The summed E-state index contributed by atoms with van der Waals surface area (Å²) in [6, 6.07) is 9.94. The number of carbonyl (C=O) groups excluding carboxylic acids is 3. The van der Waals surface area contributed by atoms with Crippen LogP contribution in [0.15, 0.2) is 54.6 Å². The molecule has 0 radical (unpaired) electrons. The molecule has 8 heteroatoms. The lowest BCUT2D eigenvalue weighted by atomic mass is 9.89. The minimum atomic E-state index is -0.660. The SMILES string of the molecule is O=C(CCC/C=C\C[C@@H]1C(/C=C/[C@@H](O)CCc2ccccc2)[C@H](O)C[C@@H]1O)ON1C(=O)CCC1=O. The van der Waals surface area contributed by atoms with Crippen molar-refractivity contribution in [3.8, 4) is 0 Å². The molecule has 8 nitrogen and oxygen atoms in total. The predicted molar refractivity (Wildman–Crippen MR) is 128 cm³/mol. The van der Waals surface area contributed by atoms with Crippen LogP contribution >= 0.6 is 0 Å². The molecular formula is C27H35NO7. The summed E-state index contributed by atoms with van der Waals surface area (Å²) < 4.78 is 0. The second-order valence-corrected chi connectivity index (χ2v) is 9.23. The Morgan fingerprint density at radius 1 is 1.09 bits per heavy atom. The van der Waals surface area contributed by atoms with Crippen LogP contribution in [0.5, 0.6) is 0 Å². The van der Waals surface area contributed by atoms with Gasteiger partial charge in [-0.25, -0.2) is 4.79 Å². The van der Waals surface area contributed by atoms with Crippen molar-refractivity contribution in [1.29, 1.82) is 0 Å². The van der Waals surface area contributed by atoms with E-state index in [0.29, 0.717) is 37.2 Å². The lowest BCUT2D eigenvalue weighted by Crippen LogP contribution is -2.31. The Labute approximate surface area is 205 Å². The molecule has 1 saturated heterocycles. The minimum absolute atomic E-state index is 0.0688. The molecule has 2 amide bonds. The molecule has 1 unspecified atom stereocenters. The van der Waals surface area contributed by atoms with E-state index in [1.165, 1.54) is 0 Å². The number of unbranched alkanes of at least 4 members (excludes halogenated alkanes) is 1. The maximum absolute atomic E-state index is 11.8. The standard InChI is InChI=1S/C27H35NO7/c29-20(13-12-19-8-4-3-5-9-19)14-15-22-21(23(30)18-24(22)31)10-6-1-2-7-11-27(34)35-28-25(32)16-17-26(28)33/h1,3-6,8-9,14-15,20-24,29-31H,2,7,10-13,16-18H2/b6-1-,15-14+/t20-,21+,22?,23-,24+/m0/s1. The molecule has 2 aliphatic rings. The Hall–Kier alpha value is -2.81. The molecule has 3 rings (SSSR count). The van der Waals surface area contributed by atoms with Gasteiger partial charge >= 0.3 is 5.97 Å². The highest BCUT2D eigenvalue weighted by atomic mass is 16.7. The summed E-state index contributed by atoms with van der Waals surface area (Å²) in [6.45, 7) is 0. The van der Waals surface area contributed by atoms with Crippen molar-refractivity contribution in [2.24, 2.45) is 11.8 Å². The summed E-state index contributed by atoms with van der Waals surface area (Å²) in [4.78, 5) is 39.6. The number of rotatable bonds is 12. The van der Waals surface area contributed by atoms with Gasteiger partial charge in [-0.1, -0.05) is 54.6 Å². The maximum atomic E-state index is 11.8. The van der Waals surface area contributed by atoms with Gasteiger partial charge < -0.3 is 20.2 Å². The number of aliphatic hydroxyl groups excluding tert-OH is 3. The number of imide groups is 1. The quantitative estimate of drug-likeness (QED) is 0.236. The highest BCUT2D eigenvalue weighted by molar-refractivity contribution is 6.01. The van der Waals surface area contributed by atoms with E-state index in [-0.39, 0.29) is 31.1 Å². The smallest absolute Gasteiger partial charge is 0.333 e. The molecule has 2 fully saturated rings. The van der Waals surface area contributed by atoms with Gasteiger partial charge in [0.1, 0.15) is 0 Å². The van der Waals surface area contributed by atoms with Gasteiger partial charge in [0.05, 0.1) is 18.3 Å². The molecule has 1 aliphatic carbocycles. The molecule has 0 aromatic heterocycles. The van der Waals surface area contributed by atoms with E-state index in [2.05, 4.69) is 0 Å². The number of nitrogens with zero attached hydrogens (tertiary/aromatic N) is 1.